The smallest absolute Gasteiger partial charge is 0.313 e. The zero-order valence-corrected chi connectivity index (χ0v) is 23.6. The summed E-state index contributed by atoms with van der Waals surface area (Å²) >= 11 is 0. The van der Waals surface area contributed by atoms with Crippen molar-refractivity contribution < 1.29 is 19.4 Å². The molecule has 0 aromatic rings. The van der Waals surface area contributed by atoms with Crippen LogP contribution in [0.1, 0.15) is 89.9 Å². The van der Waals surface area contributed by atoms with E-state index in [9.17, 15) is 9.59 Å². The first kappa shape index (κ1) is 29.8. The molecule has 8 nitrogen and oxygen atoms in total. The number of esters is 1. The van der Waals surface area contributed by atoms with Gasteiger partial charge in [-0.1, -0.05) is 19.3 Å². The van der Waals surface area contributed by atoms with Crippen LogP contribution in [-0.2, 0) is 14.3 Å². The molecular formula is C30H54N4O4. The minimum absolute atomic E-state index is 0.0382. The summed E-state index contributed by atoms with van der Waals surface area (Å²) < 4.78 is 6.61. The second kappa shape index (κ2) is 15.5. The summed E-state index contributed by atoms with van der Waals surface area (Å²) in [5, 5.41) is 23.2. The molecule has 0 amide bonds. The topological polar surface area (TPSA) is 112 Å². The van der Waals surface area contributed by atoms with Crippen LogP contribution in [0.3, 0.4) is 0 Å². The van der Waals surface area contributed by atoms with Crippen molar-refractivity contribution in [2.75, 3.05) is 52.4 Å². The number of carbonyl (C=O) groups is 2. The summed E-state index contributed by atoms with van der Waals surface area (Å²) in [5.41, 5.74) is -0.419. The molecule has 0 aromatic heterocycles. The highest BCUT2D eigenvalue weighted by molar-refractivity contribution is 5.78. The standard InChI is InChI=1S/C30H54N4O4/c35-28(36)6-4-2-1-3-5-27(23-7-15-31-16-8-23)30(24-9-17-32-18-10-24,25-11-19-33-20-12-25)29(37)38-26-13-21-34-22-14-26/h23-27,31-34H,1-22H2,(H,35,36). The maximum absolute atomic E-state index is 14.9. The molecule has 4 aliphatic heterocycles. The Morgan fingerprint density at radius 3 is 1.68 bits per heavy atom. The SMILES string of the molecule is O=C(O)CCCCCCC(C1CCNCC1)C(C(=O)OC1CCNCC1)(C1CCNCC1)C1CCNCC1. The molecule has 0 aliphatic carbocycles. The first-order valence-corrected chi connectivity index (χ1v) is 15.9. The van der Waals surface area contributed by atoms with Gasteiger partial charge in [-0.2, -0.15) is 0 Å². The maximum atomic E-state index is 14.9. The molecule has 0 bridgehead atoms. The Hall–Kier alpha value is -1.22. The van der Waals surface area contributed by atoms with Crippen molar-refractivity contribution in [2.45, 2.75) is 96.0 Å². The van der Waals surface area contributed by atoms with Gasteiger partial charge in [0.2, 0.25) is 0 Å². The number of hydrogen-bond donors (Lipinski definition) is 5. The number of ether oxygens (including phenoxy) is 1. The van der Waals surface area contributed by atoms with Crippen molar-refractivity contribution in [3.63, 3.8) is 0 Å². The predicted octanol–water partition coefficient (Wildman–Crippen LogP) is 3.31. The third kappa shape index (κ3) is 7.70. The zero-order chi connectivity index (χ0) is 26.6. The molecule has 0 aromatic carbocycles. The van der Waals surface area contributed by atoms with E-state index in [1.54, 1.807) is 0 Å². The number of rotatable bonds is 13. The number of carboxylic acid groups (broad SMARTS) is 1. The quantitative estimate of drug-likeness (QED) is 0.181. The summed E-state index contributed by atoms with van der Waals surface area (Å²) in [7, 11) is 0. The molecule has 4 saturated heterocycles. The second-order valence-corrected chi connectivity index (χ2v) is 12.4. The van der Waals surface area contributed by atoms with Crippen LogP contribution in [0.2, 0.25) is 0 Å². The van der Waals surface area contributed by atoms with Gasteiger partial charge in [0.25, 0.3) is 0 Å². The Balaban J connectivity index is 1.64. The molecule has 4 rings (SSSR count). The molecule has 4 aliphatic rings. The molecule has 4 heterocycles. The third-order valence-electron chi connectivity index (χ3n) is 10.2. The lowest BCUT2D eigenvalue weighted by Gasteiger charge is -2.54. The Morgan fingerprint density at radius 1 is 0.684 bits per heavy atom. The fourth-order valence-corrected chi connectivity index (χ4v) is 8.29. The van der Waals surface area contributed by atoms with Gasteiger partial charge in [0, 0.05) is 6.42 Å². The van der Waals surface area contributed by atoms with E-state index < -0.39 is 11.4 Å². The van der Waals surface area contributed by atoms with E-state index in [0.29, 0.717) is 23.7 Å². The number of carbonyl (C=O) groups excluding carboxylic acids is 1. The van der Waals surface area contributed by atoms with Gasteiger partial charge in [-0.05, 0) is 140 Å². The lowest BCUT2D eigenvalue weighted by Crippen LogP contribution is -2.58. The summed E-state index contributed by atoms with van der Waals surface area (Å²) in [6, 6.07) is 0. The fraction of sp³-hybridized carbons (Fsp3) is 0.933. The molecule has 5 N–H and O–H groups in total. The Morgan fingerprint density at radius 2 is 1.16 bits per heavy atom. The van der Waals surface area contributed by atoms with E-state index in [1.807, 2.05) is 0 Å². The molecule has 0 radical (unpaired) electrons. The van der Waals surface area contributed by atoms with E-state index in [4.69, 9.17) is 9.84 Å². The number of nitrogens with one attached hydrogen (secondary N) is 4. The zero-order valence-electron chi connectivity index (χ0n) is 23.6. The maximum Gasteiger partial charge on any atom is 0.313 e. The van der Waals surface area contributed by atoms with Crippen LogP contribution in [0, 0.1) is 29.1 Å². The van der Waals surface area contributed by atoms with Crippen molar-refractivity contribution in [1.82, 2.24) is 21.3 Å². The van der Waals surface area contributed by atoms with Gasteiger partial charge >= 0.3 is 11.9 Å². The van der Waals surface area contributed by atoms with Crippen molar-refractivity contribution >= 4 is 11.9 Å². The van der Waals surface area contributed by atoms with Crippen molar-refractivity contribution in [2.24, 2.45) is 29.1 Å². The molecule has 0 spiro atoms. The van der Waals surface area contributed by atoms with E-state index in [-0.39, 0.29) is 18.5 Å². The molecule has 0 saturated carbocycles. The van der Waals surface area contributed by atoms with E-state index in [1.165, 1.54) is 0 Å². The lowest BCUT2D eigenvalue weighted by molar-refractivity contribution is -0.185. The first-order valence-electron chi connectivity index (χ1n) is 15.9. The van der Waals surface area contributed by atoms with E-state index >= 15 is 0 Å². The Labute approximate surface area is 230 Å². The number of piperidine rings is 4. The van der Waals surface area contributed by atoms with Gasteiger partial charge < -0.3 is 31.1 Å². The Bertz CT molecular complexity index is 693. The van der Waals surface area contributed by atoms with Gasteiger partial charge in [-0.25, -0.2) is 0 Å². The average Bonchev–Trinajstić information content (AvgIpc) is 2.96. The molecule has 218 valence electrons. The number of aliphatic carboxylic acids is 1. The minimum Gasteiger partial charge on any atom is -0.481 e. The largest absolute Gasteiger partial charge is 0.481 e. The molecule has 1 atom stereocenters. The molecule has 8 heteroatoms. The molecule has 1 unspecified atom stereocenters. The second-order valence-electron chi connectivity index (χ2n) is 12.4. The van der Waals surface area contributed by atoms with Gasteiger partial charge in [-0.3, -0.25) is 9.59 Å². The van der Waals surface area contributed by atoms with Crippen molar-refractivity contribution in [3.8, 4) is 0 Å². The summed E-state index contributed by atoms with van der Waals surface area (Å²) in [6.45, 7) is 7.91. The number of carboxylic acids is 1. The van der Waals surface area contributed by atoms with Crippen LogP contribution in [0.5, 0.6) is 0 Å². The first-order chi connectivity index (χ1) is 18.6. The fourth-order valence-electron chi connectivity index (χ4n) is 8.29. The number of hydrogen-bond acceptors (Lipinski definition) is 7. The van der Waals surface area contributed by atoms with Crippen LogP contribution >= 0.6 is 0 Å². The summed E-state index contributed by atoms with van der Waals surface area (Å²) in [5.74, 6) is 1.05. The summed E-state index contributed by atoms with van der Waals surface area (Å²) in [4.78, 5) is 25.9. The predicted molar refractivity (Wildman–Crippen MR) is 150 cm³/mol. The molecular weight excluding hydrogens is 480 g/mol. The van der Waals surface area contributed by atoms with Gasteiger partial charge in [-0.15, -0.1) is 0 Å². The van der Waals surface area contributed by atoms with Gasteiger partial charge in [0.15, 0.2) is 0 Å². The average molecular weight is 535 g/mol. The van der Waals surface area contributed by atoms with Crippen LogP contribution in [0.25, 0.3) is 0 Å². The normalized spacial score (nSPS) is 24.2. The highest BCUT2D eigenvalue weighted by Gasteiger charge is 2.58. The van der Waals surface area contributed by atoms with Crippen LogP contribution in [-0.4, -0.2) is 75.5 Å². The van der Waals surface area contributed by atoms with Crippen molar-refractivity contribution in [3.05, 3.63) is 0 Å². The third-order valence-corrected chi connectivity index (χ3v) is 10.2. The van der Waals surface area contributed by atoms with E-state index in [2.05, 4.69) is 21.3 Å². The minimum atomic E-state index is -0.700. The monoisotopic (exact) mass is 534 g/mol. The summed E-state index contributed by atoms with van der Waals surface area (Å²) in [6.07, 6.45) is 13.6. The van der Waals surface area contributed by atoms with Crippen molar-refractivity contribution in [1.29, 1.82) is 0 Å². The van der Waals surface area contributed by atoms with Crippen LogP contribution < -0.4 is 21.3 Å². The number of unbranched alkanes of at least 4 members (excludes halogenated alkanes) is 3. The Kier molecular flexibility index (Phi) is 12.2. The van der Waals surface area contributed by atoms with Crippen LogP contribution in [0.4, 0.5) is 0 Å². The van der Waals surface area contributed by atoms with Crippen LogP contribution in [0.15, 0.2) is 0 Å². The highest BCUT2D eigenvalue weighted by Crippen LogP contribution is 2.56. The lowest BCUT2D eigenvalue weighted by atomic mass is 9.51. The highest BCUT2D eigenvalue weighted by atomic mass is 16.5. The molecule has 4 fully saturated rings. The van der Waals surface area contributed by atoms with Gasteiger partial charge in [0.05, 0.1) is 5.41 Å². The van der Waals surface area contributed by atoms with E-state index in [0.717, 1.165) is 136 Å². The van der Waals surface area contributed by atoms with Gasteiger partial charge in [0.1, 0.15) is 6.10 Å². The molecule has 38 heavy (non-hydrogen) atoms.